The number of benzene rings is 1. The lowest BCUT2D eigenvalue weighted by Gasteiger charge is -2.15. The maximum absolute atomic E-state index is 10.8. The molecule has 0 aliphatic carbocycles. The first kappa shape index (κ1) is 12.1. The minimum absolute atomic E-state index is 0.0177. The molecule has 0 N–H and O–H groups in total. The minimum Gasteiger partial charge on any atom is -0.463 e. The Kier molecular flexibility index (Phi) is 3.79. The summed E-state index contributed by atoms with van der Waals surface area (Å²) in [4.78, 5) is 10.8. The highest BCUT2D eigenvalue weighted by atomic mass is 16.6. The van der Waals surface area contributed by atoms with E-state index in [9.17, 15) is 4.79 Å². The molecule has 3 heteroatoms. The average molecular weight is 234 g/mol. The molecule has 1 aromatic carbocycles. The second-order valence-corrected chi connectivity index (χ2v) is 4.59. The molecule has 0 spiro atoms. The fourth-order valence-corrected chi connectivity index (χ4v) is 2.18. The van der Waals surface area contributed by atoms with Crippen molar-refractivity contribution in [2.45, 2.75) is 32.5 Å². The Bertz CT molecular complexity index is 374. The summed E-state index contributed by atoms with van der Waals surface area (Å²) in [6.07, 6.45) is 1.13. The van der Waals surface area contributed by atoms with Gasteiger partial charge in [0.25, 0.3) is 0 Å². The molecule has 92 valence electrons. The van der Waals surface area contributed by atoms with Crippen molar-refractivity contribution in [1.82, 2.24) is 0 Å². The Labute approximate surface area is 102 Å². The molecule has 2 rings (SSSR count). The van der Waals surface area contributed by atoms with Gasteiger partial charge in [-0.25, -0.2) is 0 Å². The zero-order chi connectivity index (χ0) is 12.3. The van der Waals surface area contributed by atoms with Gasteiger partial charge in [-0.3, -0.25) is 4.79 Å². The van der Waals surface area contributed by atoms with E-state index in [1.54, 1.807) is 0 Å². The maximum Gasteiger partial charge on any atom is 0.302 e. The van der Waals surface area contributed by atoms with Gasteiger partial charge in [0, 0.05) is 6.92 Å². The van der Waals surface area contributed by atoms with Crippen molar-refractivity contribution in [2.24, 2.45) is 5.92 Å². The van der Waals surface area contributed by atoms with E-state index in [1.165, 1.54) is 12.5 Å². The second kappa shape index (κ2) is 5.32. The van der Waals surface area contributed by atoms with Crippen LogP contribution in [0.15, 0.2) is 30.3 Å². The van der Waals surface area contributed by atoms with Crippen LogP contribution in [0.2, 0.25) is 0 Å². The zero-order valence-corrected chi connectivity index (χ0v) is 10.3. The number of carbonyl (C=O) groups is 1. The summed E-state index contributed by atoms with van der Waals surface area (Å²) in [5.41, 5.74) is 1.20. The lowest BCUT2D eigenvalue weighted by Crippen LogP contribution is -2.22. The molecule has 1 saturated heterocycles. The highest BCUT2D eigenvalue weighted by molar-refractivity contribution is 5.65. The van der Waals surface area contributed by atoms with Crippen LogP contribution in [0.25, 0.3) is 0 Å². The van der Waals surface area contributed by atoms with Crippen LogP contribution >= 0.6 is 0 Å². The highest BCUT2D eigenvalue weighted by Gasteiger charge is 2.33. The van der Waals surface area contributed by atoms with Gasteiger partial charge in [0.1, 0.15) is 6.61 Å². The SMILES string of the molecule is CC(=O)OCC1OC(c2ccccc2)CC1C. The van der Waals surface area contributed by atoms with E-state index in [2.05, 4.69) is 19.1 Å². The zero-order valence-electron chi connectivity index (χ0n) is 10.3. The monoisotopic (exact) mass is 234 g/mol. The molecular formula is C14H18O3. The number of esters is 1. The largest absolute Gasteiger partial charge is 0.463 e. The van der Waals surface area contributed by atoms with Crippen LogP contribution in [0.4, 0.5) is 0 Å². The number of hydrogen-bond donors (Lipinski definition) is 0. The molecule has 1 aliphatic rings. The van der Waals surface area contributed by atoms with Gasteiger partial charge in [-0.05, 0) is 17.9 Å². The van der Waals surface area contributed by atoms with Gasteiger partial charge in [0.2, 0.25) is 0 Å². The summed E-state index contributed by atoms with van der Waals surface area (Å²) >= 11 is 0. The Morgan fingerprint density at radius 3 is 2.76 bits per heavy atom. The molecule has 1 heterocycles. The van der Waals surface area contributed by atoms with Gasteiger partial charge in [-0.2, -0.15) is 0 Å². The number of ether oxygens (including phenoxy) is 2. The fraction of sp³-hybridized carbons (Fsp3) is 0.500. The molecule has 0 bridgehead atoms. The molecule has 1 aromatic rings. The molecule has 0 amide bonds. The normalized spacial score (nSPS) is 28.0. The van der Waals surface area contributed by atoms with Gasteiger partial charge in [0.15, 0.2) is 0 Å². The third-order valence-electron chi connectivity index (χ3n) is 3.18. The van der Waals surface area contributed by atoms with Gasteiger partial charge < -0.3 is 9.47 Å². The molecule has 0 radical (unpaired) electrons. The average Bonchev–Trinajstić information content (AvgIpc) is 2.69. The lowest BCUT2D eigenvalue weighted by molar-refractivity contribution is -0.145. The summed E-state index contributed by atoms with van der Waals surface area (Å²) in [7, 11) is 0. The Morgan fingerprint density at radius 2 is 2.12 bits per heavy atom. The second-order valence-electron chi connectivity index (χ2n) is 4.59. The first-order valence-corrected chi connectivity index (χ1v) is 6.00. The minimum atomic E-state index is -0.246. The van der Waals surface area contributed by atoms with Gasteiger partial charge >= 0.3 is 5.97 Å². The Hall–Kier alpha value is -1.35. The van der Waals surface area contributed by atoms with Crippen LogP contribution in [0.1, 0.15) is 31.9 Å². The smallest absolute Gasteiger partial charge is 0.302 e. The summed E-state index contributed by atoms with van der Waals surface area (Å²) in [5, 5.41) is 0. The van der Waals surface area contributed by atoms with Crippen LogP contribution in [0.5, 0.6) is 0 Å². The predicted molar refractivity (Wildman–Crippen MR) is 64.5 cm³/mol. The van der Waals surface area contributed by atoms with Crippen LogP contribution in [-0.4, -0.2) is 18.7 Å². The van der Waals surface area contributed by atoms with Crippen molar-refractivity contribution < 1.29 is 14.3 Å². The first-order chi connectivity index (χ1) is 8.16. The molecule has 17 heavy (non-hydrogen) atoms. The van der Waals surface area contributed by atoms with Crippen LogP contribution in [0, 0.1) is 5.92 Å². The third-order valence-corrected chi connectivity index (χ3v) is 3.18. The molecule has 0 aromatic heterocycles. The van der Waals surface area contributed by atoms with Crippen LogP contribution in [-0.2, 0) is 14.3 Å². The van der Waals surface area contributed by atoms with E-state index < -0.39 is 0 Å². The van der Waals surface area contributed by atoms with Gasteiger partial charge in [-0.1, -0.05) is 37.3 Å². The number of rotatable bonds is 3. The lowest BCUT2D eigenvalue weighted by atomic mass is 9.99. The summed E-state index contributed by atoms with van der Waals surface area (Å²) in [6, 6.07) is 10.2. The molecule has 3 atom stereocenters. The van der Waals surface area contributed by atoms with E-state index >= 15 is 0 Å². The first-order valence-electron chi connectivity index (χ1n) is 6.00. The Balaban J connectivity index is 1.95. The number of carbonyl (C=O) groups excluding carboxylic acids is 1. The fourth-order valence-electron chi connectivity index (χ4n) is 2.18. The van der Waals surface area contributed by atoms with E-state index in [0.717, 1.165) is 6.42 Å². The summed E-state index contributed by atoms with van der Waals surface area (Å²) < 4.78 is 10.9. The van der Waals surface area contributed by atoms with Gasteiger partial charge in [0.05, 0.1) is 12.2 Å². The number of hydrogen-bond acceptors (Lipinski definition) is 3. The molecule has 1 fully saturated rings. The third kappa shape index (κ3) is 3.07. The summed E-state index contributed by atoms with van der Waals surface area (Å²) in [5.74, 6) is 0.170. The summed E-state index contributed by atoms with van der Waals surface area (Å²) in [6.45, 7) is 3.92. The van der Waals surface area contributed by atoms with Crippen molar-refractivity contribution >= 4 is 5.97 Å². The molecular weight excluding hydrogens is 216 g/mol. The maximum atomic E-state index is 10.8. The van der Waals surface area contributed by atoms with Crippen molar-refractivity contribution in [3.8, 4) is 0 Å². The Morgan fingerprint density at radius 1 is 1.41 bits per heavy atom. The van der Waals surface area contributed by atoms with Crippen molar-refractivity contribution in [3.63, 3.8) is 0 Å². The standard InChI is InChI=1S/C14H18O3/c1-10-8-13(12-6-4-3-5-7-12)17-14(10)9-16-11(2)15/h3-7,10,13-14H,8-9H2,1-2H3. The topological polar surface area (TPSA) is 35.5 Å². The molecule has 0 saturated carbocycles. The van der Waals surface area contributed by atoms with E-state index in [0.29, 0.717) is 12.5 Å². The van der Waals surface area contributed by atoms with Gasteiger partial charge in [-0.15, -0.1) is 0 Å². The predicted octanol–water partition coefficient (Wildman–Crippen LogP) is 2.72. The van der Waals surface area contributed by atoms with E-state index in [-0.39, 0.29) is 18.2 Å². The molecule has 1 aliphatic heterocycles. The van der Waals surface area contributed by atoms with E-state index in [1.807, 2.05) is 18.2 Å². The van der Waals surface area contributed by atoms with Crippen molar-refractivity contribution in [2.75, 3.05) is 6.61 Å². The van der Waals surface area contributed by atoms with Crippen molar-refractivity contribution in [3.05, 3.63) is 35.9 Å². The highest BCUT2D eigenvalue weighted by Crippen LogP contribution is 2.36. The molecule has 3 nitrogen and oxygen atoms in total. The van der Waals surface area contributed by atoms with Crippen molar-refractivity contribution in [1.29, 1.82) is 0 Å². The molecule has 3 unspecified atom stereocenters. The van der Waals surface area contributed by atoms with Crippen LogP contribution in [0.3, 0.4) is 0 Å². The van der Waals surface area contributed by atoms with E-state index in [4.69, 9.17) is 9.47 Å². The quantitative estimate of drug-likeness (QED) is 0.754. The van der Waals surface area contributed by atoms with Crippen LogP contribution < -0.4 is 0 Å².